The van der Waals surface area contributed by atoms with E-state index < -0.39 is 0 Å². The van der Waals surface area contributed by atoms with Crippen molar-refractivity contribution >= 4 is 32.8 Å². The summed E-state index contributed by atoms with van der Waals surface area (Å²) >= 11 is 3.41. The maximum absolute atomic E-state index is 13.2. The molecule has 0 saturated carbocycles. The zero-order valence-corrected chi connectivity index (χ0v) is 11.0. The summed E-state index contributed by atoms with van der Waals surface area (Å²) in [6.07, 6.45) is 0. The summed E-state index contributed by atoms with van der Waals surface area (Å²) in [5.41, 5.74) is 1.68. The van der Waals surface area contributed by atoms with E-state index in [0.29, 0.717) is 0 Å². The van der Waals surface area contributed by atoms with E-state index in [9.17, 15) is 9.18 Å². The standard InChI is InChI=1S/C12H11BrFNO2/c1-7-12(13)9-5-8(14)3-4-10(9)15(7)6-11(16)17-2/h3-5H,6H2,1-2H3. The Kier molecular flexibility index (Phi) is 3.19. The number of hydrogen-bond acceptors (Lipinski definition) is 2. The number of fused-ring (bicyclic) bond motifs is 1. The van der Waals surface area contributed by atoms with E-state index in [0.717, 1.165) is 21.1 Å². The molecular weight excluding hydrogens is 289 g/mol. The Balaban J connectivity index is 2.62. The van der Waals surface area contributed by atoms with Crippen LogP contribution in [0.15, 0.2) is 22.7 Å². The van der Waals surface area contributed by atoms with Gasteiger partial charge in [-0.15, -0.1) is 0 Å². The highest BCUT2D eigenvalue weighted by molar-refractivity contribution is 9.10. The number of rotatable bonds is 2. The lowest BCUT2D eigenvalue weighted by molar-refractivity contribution is -0.141. The third-order valence-electron chi connectivity index (χ3n) is 2.72. The Morgan fingerprint density at radius 3 is 2.88 bits per heavy atom. The number of benzene rings is 1. The Labute approximate surface area is 106 Å². The summed E-state index contributed by atoms with van der Waals surface area (Å²) in [5.74, 6) is -0.629. The van der Waals surface area contributed by atoms with Gasteiger partial charge >= 0.3 is 5.97 Å². The summed E-state index contributed by atoms with van der Waals surface area (Å²) in [5, 5.41) is 0.756. The van der Waals surface area contributed by atoms with Gasteiger partial charge in [0.25, 0.3) is 0 Å². The van der Waals surface area contributed by atoms with Gasteiger partial charge in [0.1, 0.15) is 12.4 Å². The van der Waals surface area contributed by atoms with E-state index in [-0.39, 0.29) is 18.3 Å². The van der Waals surface area contributed by atoms with Gasteiger partial charge in [-0.05, 0) is 41.1 Å². The molecule has 0 aliphatic rings. The highest BCUT2D eigenvalue weighted by Crippen LogP contribution is 2.31. The van der Waals surface area contributed by atoms with Crippen LogP contribution in [0.25, 0.3) is 10.9 Å². The first-order chi connectivity index (χ1) is 8.04. The van der Waals surface area contributed by atoms with E-state index in [1.807, 2.05) is 6.92 Å². The maximum Gasteiger partial charge on any atom is 0.325 e. The molecule has 0 aliphatic heterocycles. The molecule has 0 atom stereocenters. The van der Waals surface area contributed by atoms with Gasteiger partial charge in [-0.3, -0.25) is 4.79 Å². The second-order valence-electron chi connectivity index (χ2n) is 3.72. The quantitative estimate of drug-likeness (QED) is 0.798. The monoisotopic (exact) mass is 299 g/mol. The highest BCUT2D eigenvalue weighted by Gasteiger charge is 2.15. The number of halogens is 2. The van der Waals surface area contributed by atoms with E-state index in [1.165, 1.54) is 19.2 Å². The largest absolute Gasteiger partial charge is 0.468 e. The summed E-state index contributed by atoms with van der Waals surface area (Å²) in [6.45, 7) is 1.99. The van der Waals surface area contributed by atoms with Gasteiger partial charge in [0.2, 0.25) is 0 Å². The lowest BCUT2D eigenvalue weighted by atomic mass is 10.2. The van der Waals surface area contributed by atoms with Crippen molar-refractivity contribution in [1.82, 2.24) is 4.57 Å². The molecule has 2 aromatic rings. The van der Waals surface area contributed by atoms with Crippen LogP contribution in [0, 0.1) is 12.7 Å². The molecular formula is C12H11BrFNO2. The van der Waals surface area contributed by atoms with Crippen LogP contribution < -0.4 is 0 Å². The zero-order valence-electron chi connectivity index (χ0n) is 9.46. The molecule has 3 nitrogen and oxygen atoms in total. The van der Waals surface area contributed by atoms with Gasteiger partial charge in [-0.25, -0.2) is 4.39 Å². The third-order valence-corrected chi connectivity index (χ3v) is 3.72. The van der Waals surface area contributed by atoms with Crippen molar-refractivity contribution < 1.29 is 13.9 Å². The number of carbonyl (C=O) groups excluding carboxylic acids is 1. The molecule has 0 radical (unpaired) electrons. The zero-order chi connectivity index (χ0) is 12.6. The topological polar surface area (TPSA) is 31.2 Å². The maximum atomic E-state index is 13.2. The molecule has 0 N–H and O–H groups in total. The van der Waals surface area contributed by atoms with Gasteiger partial charge in [0, 0.05) is 15.6 Å². The molecule has 5 heteroatoms. The Morgan fingerprint density at radius 1 is 1.53 bits per heavy atom. The van der Waals surface area contributed by atoms with Crippen molar-refractivity contribution in [3.05, 3.63) is 34.2 Å². The van der Waals surface area contributed by atoms with Crippen molar-refractivity contribution in [2.45, 2.75) is 13.5 Å². The number of aromatic nitrogens is 1. The fourth-order valence-electron chi connectivity index (χ4n) is 1.81. The Bertz CT molecular complexity index is 592. The van der Waals surface area contributed by atoms with Crippen molar-refractivity contribution in [2.24, 2.45) is 0 Å². The van der Waals surface area contributed by atoms with Gasteiger partial charge in [-0.1, -0.05) is 0 Å². The van der Waals surface area contributed by atoms with Crippen LogP contribution in [-0.4, -0.2) is 17.6 Å². The molecule has 2 rings (SSSR count). The second-order valence-corrected chi connectivity index (χ2v) is 4.52. The third kappa shape index (κ3) is 2.07. The Hall–Kier alpha value is -1.36. The predicted octanol–water partition coefficient (Wildman–Crippen LogP) is 3.02. The molecule has 0 saturated heterocycles. The average Bonchev–Trinajstić information content (AvgIpc) is 2.54. The van der Waals surface area contributed by atoms with E-state index in [2.05, 4.69) is 20.7 Å². The molecule has 90 valence electrons. The molecule has 0 amide bonds. The van der Waals surface area contributed by atoms with Crippen LogP contribution in [-0.2, 0) is 16.1 Å². The molecule has 1 aromatic carbocycles. The van der Waals surface area contributed by atoms with Crippen molar-refractivity contribution in [2.75, 3.05) is 7.11 Å². The molecule has 17 heavy (non-hydrogen) atoms. The van der Waals surface area contributed by atoms with Crippen LogP contribution in [0.5, 0.6) is 0 Å². The highest BCUT2D eigenvalue weighted by atomic mass is 79.9. The fourth-order valence-corrected chi connectivity index (χ4v) is 2.34. The van der Waals surface area contributed by atoms with Gasteiger partial charge in [0.05, 0.1) is 12.6 Å². The number of hydrogen-bond donors (Lipinski definition) is 0. The van der Waals surface area contributed by atoms with Crippen molar-refractivity contribution in [3.8, 4) is 0 Å². The number of carbonyl (C=O) groups is 1. The number of methoxy groups -OCH3 is 1. The van der Waals surface area contributed by atoms with E-state index >= 15 is 0 Å². The van der Waals surface area contributed by atoms with Crippen molar-refractivity contribution in [1.29, 1.82) is 0 Å². The minimum absolute atomic E-state index is 0.121. The lowest BCUT2D eigenvalue weighted by Crippen LogP contribution is -2.12. The number of esters is 1. The first kappa shape index (κ1) is 12.1. The Morgan fingerprint density at radius 2 is 2.24 bits per heavy atom. The molecule has 1 aromatic heterocycles. The molecule has 0 spiro atoms. The summed E-state index contributed by atoms with van der Waals surface area (Å²) in [7, 11) is 1.35. The minimum Gasteiger partial charge on any atom is -0.468 e. The normalized spacial score (nSPS) is 10.8. The second kappa shape index (κ2) is 4.49. The number of nitrogens with zero attached hydrogens (tertiary/aromatic N) is 1. The molecule has 0 fully saturated rings. The molecule has 1 heterocycles. The first-order valence-corrected chi connectivity index (χ1v) is 5.84. The summed E-state index contributed by atoms with van der Waals surface area (Å²) in [4.78, 5) is 11.3. The molecule has 0 bridgehead atoms. The van der Waals surface area contributed by atoms with Crippen LogP contribution in [0.1, 0.15) is 5.69 Å². The van der Waals surface area contributed by atoms with Crippen LogP contribution in [0.2, 0.25) is 0 Å². The van der Waals surface area contributed by atoms with E-state index in [4.69, 9.17) is 0 Å². The van der Waals surface area contributed by atoms with Crippen LogP contribution >= 0.6 is 15.9 Å². The summed E-state index contributed by atoms with van der Waals surface area (Å²) < 4.78 is 20.4. The average molecular weight is 300 g/mol. The van der Waals surface area contributed by atoms with Crippen LogP contribution in [0.3, 0.4) is 0 Å². The lowest BCUT2D eigenvalue weighted by Gasteiger charge is -2.06. The smallest absolute Gasteiger partial charge is 0.325 e. The van der Waals surface area contributed by atoms with Gasteiger partial charge < -0.3 is 9.30 Å². The predicted molar refractivity (Wildman–Crippen MR) is 66.3 cm³/mol. The first-order valence-electron chi connectivity index (χ1n) is 5.05. The number of ether oxygens (including phenoxy) is 1. The molecule has 0 aliphatic carbocycles. The SMILES string of the molecule is COC(=O)Cn1c(C)c(Br)c2cc(F)ccc21. The minimum atomic E-state index is -0.332. The van der Waals surface area contributed by atoms with E-state index in [1.54, 1.807) is 10.6 Å². The summed E-state index contributed by atoms with van der Waals surface area (Å²) in [6, 6.07) is 4.48. The van der Waals surface area contributed by atoms with Crippen molar-refractivity contribution in [3.63, 3.8) is 0 Å². The van der Waals surface area contributed by atoms with Gasteiger partial charge in [0.15, 0.2) is 0 Å². The van der Waals surface area contributed by atoms with Gasteiger partial charge in [-0.2, -0.15) is 0 Å². The van der Waals surface area contributed by atoms with Crippen LogP contribution in [0.4, 0.5) is 4.39 Å². The fraction of sp³-hybridized carbons (Fsp3) is 0.250. The molecule has 0 unspecified atom stereocenters.